The van der Waals surface area contributed by atoms with Gasteiger partial charge in [-0.05, 0) is 54.5 Å². The van der Waals surface area contributed by atoms with Gasteiger partial charge in [0.1, 0.15) is 5.65 Å². The monoisotopic (exact) mass is 393 g/mol. The van der Waals surface area contributed by atoms with Crippen LogP contribution in [0.3, 0.4) is 0 Å². The molecular weight excluding hydrogens is 358 g/mol. The highest BCUT2D eigenvalue weighted by Gasteiger charge is 2.20. The van der Waals surface area contributed by atoms with Crippen molar-refractivity contribution < 1.29 is 5.11 Å². The first-order chi connectivity index (χ1) is 13.9. The first kappa shape index (κ1) is 21.5. The fraction of sp³-hybridized carbons (Fsp3) is 0.520. The van der Waals surface area contributed by atoms with Crippen LogP contribution in [0.1, 0.15) is 81.8 Å². The summed E-state index contributed by atoms with van der Waals surface area (Å²) < 4.78 is 2.10. The zero-order valence-electron chi connectivity index (χ0n) is 18.8. The normalized spacial score (nSPS) is 12.8. The minimum Gasteiger partial charge on any atom is -0.396 e. The molecule has 0 aromatic carbocycles. The number of rotatable bonds is 8. The van der Waals surface area contributed by atoms with Crippen LogP contribution in [0, 0.1) is 0 Å². The molecule has 0 radical (unpaired) electrons. The Morgan fingerprint density at radius 1 is 1.07 bits per heavy atom. The minimum atomic E-state index is 0.166. The number of pyridine rings is 2. The van der Waals surface area contributed by atoms with Crippen molar-refractivity contribution in [3.8, 4) is 11.3 Å². The van der Waals surface area contributed by atoms with E-state index < -0.39 is 0 Å². The Morgan fingerprint density at radius 3 is 2.41 bits per heavy atom. The van der Waals surface area contributed by atoms with Crippen LogP contribution in [0.5, 0.6) is 0 Å². The highest BCUT2D eigenvalue weighted by Crippen LogP contribution is 2.34. The smallest absolute Gasteiger partial charge is 0.140 e. The van der Waals surface area contributed by atoms with Crippen molar-refractivity contribution in [2.24, 2.45) is 7.05 Å². The van der Waals surface area contributed by atoms with Crippen molar-refractivity contribution in [2.45, 2.75) is 72.1 Å². The van der Waals surface area contributed by atoms with Crippen LogP contribution in [-0.2, 0) is 19.9 Å². The van der Waals surface area contributed by atoms with E-state index in [2.05, 4.69) is 70.6 Å². The third kappa shape index (κ3) is 4.09. The van der Waals surface area contributed by atoms with Crippen molar-refractivity contribution in [3.05, 3.63) is 46.9 Å². The van der Waals surface area contributed by atoms with E-state index in [1.54, 1.807) is 0 Å². The molecule has 0 fully saturated rings. The van der Waals surface area contributed by atoms with Gasteiger partial charge in [-0.25, -0.2) is 4.98 Å². The third-order valence-electron chi connectivity index (χ3n) is 5.91. The van der Waals surface area contributed by atoms with Gasteiger partial charge in [-0.2, -0.15) is 0 Å². The second kappa shape index (κ2) is 9.08. The van der Waals surface area contributed by atoms with Gasteiger partial charge in [0.25, 0.3) is 0 Å². The number of hydrogen-bond acceptors (Lipinski definition) is 3. The number of aromatic nitrogens is 3. The van der Waals surface area contributed by atoms with Gasteiger partial charge < -0.3 is 9.67 Å². The summed E-state index contributed by atoms with van der Waals surface area (Å²) in [5, 5.41) is 11.1. The lowest BCUT2D eigenvalue weighted by atomic mass is 9.93. The van der Waals surface area contributed by atoms with Gasteiger partial charge in [0.15, 0.2) is 0 Å². The molecule has 0 saturated carbocycles. The number of hydrogen-bond donors (Lipinski definition) is 1. The number of aryl methyl sites for hydroxylation is 3. The van der Waals surface area contributed by atoms with Crippen LogP contribution in [-0.4, -0.2) is 26.2 Å². The predicted octanol–water partition coefficient (Wildman–Crippen LogP) is 5.76. The molecule has 0 spiro atoms. The molecule has 3 aromatic heterocycles. The Labute approximate surface area is 175 Å². The second-order valence-electron chi connectivity index (χ2n) is 8.32. The SMILES string of the molecule is CCC[C@@H](CO)c1cn(C)c2nc(-c3ccc(C(C)C)nc3CC)c(CC)cc12. The predicted molar refractivity (Wildman–Crippen MR) is 122 cm³/mol. The fourth-order valence-electron chi connectivity index (χ4n) is 4.21. The van der Waals surface area contributed by atoms with E-state index in [1.807, 2.05) is 0 Å². The maximum atomic E-state index is 9.94. The van der Waals surface area contributed by atoms with Crippen molar-refractivity contribution in [1.29, 1.82) is 0 Å². The molecule has 1 atom stereocenters. The molecule has 0 saturated heterocycles. The lowest BCUT2D eigenvalue weighted by Gasteiger charge is -2.15. The van der Waals surface area contributed by atoms with Crippen LogP contribution in [0.15, 0.2) is 24.4 Å². The second-order valence-corrected chi connectivity index (χ2v) is 8.32. The van der Waals surface area contributed by atoms with E-state index in [1.165, 1.54) is 16.5 Å². The Morgan fingerprint density at radius 2 is 1.83 bits per heavy atom. The van der Waals surface area contributed by atoms with Crippen molar-refractivity contribution in [3.63, 3.8) is 0 Å². The van der Waals surface area contributed by atoms with Crippen molar-refractivity contribution in [1.82, 2.24) is 14.5 Å². The highest BCUT2D eigenvalue weighted by atomic mass is 16.3. The molecule has 4 nitrogen and oxygen atoms in total. The van der Waals surface area contributed by atoms with Gasteiger partial charge in [-0.1, -0.05) is 41.0 Å². The van der Waals surface area contributed by atoms with Gasteiger partial charge in [0.05, 0.1) is 12.3 Å². The summed E-state index contributed by atoms with van der Waals surface area (Å²) >= 11 is 0. The zero-order chi connectivity index (χ0) is 21.1. The fourth-order valence-corrected chi connectivity index (χ4v) is 4.21. The Bertz CT molecular complexity index is 987. The first-order valence-electron chi connectivity index (χ1n) is 11.0. The Balaban J connectivity index is 2.21. The average molecular weight is 394 g/mol. The molecule has 0 bridgehead atoms. The molecule has 0 unspecified atom stereocenters. The van der Waals surface area contributed by atoms with Crippen LogP contribution in [0.2, 0.25) is 0 Å². The largest absolute Gasteiger partial charge is 0.396 e. The molecule has 156 valence electrons. The Hall–Kier alpha value is -2.20. The zero-order valence-corrected chi connectivity index (χ0v) is 18.8. The van der Waals surface area contributed by atoms with E-state index in [4.69, 9.17) is 9.97 Å². The number of aliphatic hydroxyl groups is 1. The van der Waals surface area contributed by atoms with Crippen LogP contribution in [0.4, 0.5) is 0 Å². The highest BCUT2D eigenvalue weighted by molar-refractivity contribution is 5.85. The standard InChI is InChI=1S/C25H35N3O/c1-7-10-18(15-29)21-14-28(6)25-20(21)13-17(8-2)24(27-25)19-11-12-23(16(4)5)26-22(19)9-3/h11-14,16,18,29H,7-10,15H2,1-6H3/t18-/m0/s1. The van der Waals surface area contributed by atoms with E-state index >= 15 is 0 Å². The maximum Gasteiger partial charge on any atom is 0.140 e. The molecule has 4 heteroatoms. The minimum absolute atomic E-state index is 0.166. The summed E-state index contributed by atoms with van der Waals surface area (Å²) in [6.07, 6.45) is 6.00. The molecule has 3 rings (SSSR count). The molecule has 1 N–H and O–H groups in total. The van der Waals surface area contributed by atoms with Gasteiger partial charge in [-0.3, -0.25) is 4.98 Å². The van der Waals surface area contributed by atoms with Gasteiger partial charge in [0, 0.05) is 41.5 Å². The summed E-state index contributed by atoms with van der Waals surface area (Å²) in [5.74, 6) is 0.582. The van der Waals surface area contributed by atoms with Crippen molar-refractivity contribution in [2.75, 3.05) is 6.61 Å². The topological polar surface area (TPSA) is 50.9 Å². The van der Waals surface area contributed by atoms with E-state index in [9.17, 15) is 5.11 Å². The summed E-state index contributed by atoms with van der Waals surface area (Å²) in [6, 6.07) is 6.64. The molecule has 0 amide bonds. The van der Waals surface area contributed by atoms with Gasteiger partial charge >= 0.3 is 0 Å². The number of fused-ring (bicyclic) bond motifs is 1. The molecule has 0 aliphatic heterocycles. The van der Waals surface area contributed by atoms with Crippen LogP contribution >= 0.6 is 0 Å². The lowest BCUT2D eigenvalue weighted by Crippen LogP contribution is -2.04. The molecule has 29 heavy (non-hydrogen) atoms. The number of aliphatic hydroxyl groups excluding tert-OH is 1. The summed E-state index contributed by atoms with van der Waals surface area (Å²) in [7, 11) is 2.05. The quantitative estimate of drug-likeness (QED) is 0.529. The van der Waals surface area contributed by atoms with E-state index in [0.717, 1.165) is 54.0 Å². The van der Waals surface area contributed by atoms with Crippen LogP contribution < -0.4 is 0 Å². The lowest BCUT2D eigenvalue weighted by molar-refractivity contribution is 0.259. The number of nitrogens with zero attached hydrogens (tertiary/aromatic N) is 3. The molecular formula is C25H35N3O. The molecule has 0 aliphatic rings. The summed E-state index contributed by atoms with van der Waals surface area (Å²) in [6.45, 7) is 11.1. The third-order valence-corrected chi connectivity index (χ3v) is 5.91. The molecule has 0 aliphatic carbocycles. The van der Waals surface area contributed by atoms with Gasteiger partial charge in [-0.15, -0.1) is 0 Å². The van der Waals surface area contributed by atoms with E-state index in [-0.39, 0.29) is 12.5 Å². The molecule has 3 heterocycles. The average Bonchev–Trinajstić information content (AvgIpc) is 3.05. The van der Waals surface area contributed by atoms with Crippen molar-refractivity contribution >= 4 is 11.0 Å². The first-order valence-corrected chi connectivity index (χ1v) is 11.0. The molecule has 3 aromatic rings. The summed E-state index contributed by atoms with van der Waals surface area (Å²) in [4.78, 5) is 10.1. The maximum absolute atomic E-state index is 9.94. The summed E-state index contributed by atoms with van der Waals surface area (Å²) in [5.41, 5.74) is 7.88. The Kier molecular flexibility index (Phi) is 6.74. The van der Waals surface area contributed by atoms with Gasteiger partial charge in [0.2, 0.25) is 0 Å². The van der Waals surface area contributed by atoms with Crippen LogP contribution in [0.25, 0.3) is 22.3 Å². The van der Waals surface area contributed by atoms with E-state index in [0.29, 0.717) is 5.92 Å².